The number of nitrogens with zero attached hydrogens (tertiary/aromatic N) is 8. The first-order valence-electron chi connectivity index (χ1n) is 9.29. The Morgan fingerprint density at radius 3 is 1.47 bits per heavy atom. The lowest BCUT2D eigenvalue weighted by molar-refractivity contribution is 0.990. The molecule has 0 saturated carbocycles. The van der Waals surface area contributed by atoms with Crippen molar-refractivity contribution in [1.29, 1.82) is 0 Å². The van der Waals surface area contributed by atoms with Crippen LogP contribution in [0.2, 0.25) is 10.3 Å². The molecule has 0 spiro atoms. The van der Waals surface area contributed by atoms with E-state index in [9.17, 15) is 0 Å². The molecule has 15 heteroatoms. The zero-order chi connectivity index (χ0) is 25.7. The van der Waals surface area contributed by atoms with Crippen LogP contribution in [0.3, 0.4) is 0 Å². The summed E-state index contributed by atoms with van der Waals surface area (Å²) in [5, 5.41) is 29.5. The second kappa shape index (κ2) is 14.7. The van der Waals surface area contributed by atoms with Crippen molar-refractivity contribution in [2.45, 2.75) is 20.8 Å². The first kappa shape index (κ1) is 28.6. The minimum Gasteiger partial charge on any atom is -0.382 e. The number of aromatic nitrogens is 8. The van der Waals surface area contributed by atoms with Gasteiger partial charge in [0.15, 0.2) is 10.3 Å². The van der Waals surface area contributed by atoms with Gasteiger partial charge in [0.05, 0.1) is 5.69 Å². The lowest BCUT2D eigenvalue weighted by Crippen LogP contribution is -1.99. The Kier molecular flexibility index (Phi) is 12.3. The predicted molar refractivity (Wildman–Crippen MR) is 138 cm³/mol. The molecule has 0 amide bonds. The Morgan fingerprint density at radius 2 is 1.12 bits per heavy atom. The van der Waals surface area contributed by atoms with E-state index in [1.54, 1.807) is 30.3 Å². The molecule has 180 valence electrons. The summed E-state index contributed by atoms with van der Waals surface area (Å²) >= 11 is 14.2. The maximum absolute atomic E-state index is 5.66. The van der Waals surface area contributed by atoms with Crippen molar-refractivity contribution in [3.63, 3.8) is 0 Å². The highest BCUT2D eigenvalue weighted by Gasteiger charge is 2.03. The molecule has 0 atom stereocenters. The number of nitrogen functional groups attached to an aromatic ring is 4. The number of aryl methyl sites for hydroxylation is 1. The van der Waals surface area contributed by atoms with E-state index in [4.69, 9.17) is 46.1 Å². The Labute approximate surface area is 214 Å². The molecule has 8 N–H and O–H groups in total. The van der Waals surface area contributed by atoms with Crippen LogP contribution >= 0.6 is 39.1 Å². The van der Waals surface area contributed by atoms with Gasteiger partial charge in [-0.2, -0.15) is 5.10 Å². The largest absolute Gasteiger partial charge is 0.382 e. The fourth-order valence-electron chi connectivity index (χ4n) is 1.66. The van der Waals surface area contributed by atoms with Crippen LogP contribution in [0.5, 0.6) is 0 Å². The standard InChI is InChI=1S/C6H8ClN3.C5H7N3.C4H4BrN3.C4H4ClN3/c1-3-4(2)6(8)10-9-5(3)7;1-4-2-3-5(6)8-7-4;2*5-3-1-2-4(6)8-7-3/h1-2H3,(H2,8,10);2-3H,1H3,(H2,6,8);2*1-2H,(H2,6,8). The molecule has 4 aromatic rings. The third-order valence-electron chi connectivity index (χ3n) is 3.63. The molecule has 4 rings (SSSR count). The van der Waals surface area contributed by atoms with E-state index in [0.717, 1.165) is 16.8 Å². The smallest absolute Gasteiger partial charge is 0.155 e. The highest BCUT2D eigenvalue weighted by Crippen LogP contribution is 2.17. The number of hydrogen-bond acceptors (Lipinski definition) is 12. The van der Waals surface area contributed by atoms with Gasteiger partial charge >= 0.3 is 0 Å². The fourth-order valence-corrected chi connectivity index (χ4v) is 2.15. The lowest BCUT2D eigenvalue weighted by Gasteiger charge is -2.01. The molecular weight excluding hydrogens is 547 g/mol. The van der Waals surface area contributed by atoms with Crippen LogP contribution in [-0.4, -0.2) is 40.8 Å². The lowest BCUT2D eigenvalue weighted by atomic mass is 10.2. The van der Waals surface area contributed by atoms with Gasteiger partial charge in [-0.3, -0.25) is 0 Å². The van der Waals surface area contributed by atoms with Crippen molar-refractivity contribution in [2.24, 2.45) is 0 Å². The van der Waals surface area contributed by atoms with E-state index in [0.29, 0.717) is 38.2 Å². The van der Waals surface area contributed by atoms with E-state index >= 15 is 0 Å². The van der Waals surface area contributed by atoms with Crippen LogP contribution in [0.15, 0.2) is 41.0 Å². The number of halogens is 3. The average Bonchev–Trinajstić information content (AvgIpc) is 2.82. The summed E-state index contributed by atoms with van der Waals surface area (Å²) in [5.41, 5.74) is 23.8. The maximum Gasteiger partial charge on any atom is 0.155 e. The van der Waals surface area contributed by atoms with Crippen molar-refractivity contribution < 1.29 is 0 Å². The van der Waals surface area contributed by atoms with E-state index in [1.165, 1.54) is 0 Å². The molecule has 0 aliphatic carbocycles. The number of hydrogen-bond donors (Lipinski definition) is 4. The second-order valence-electron chi connectivity index (χ2n) is 6.29. The molecule has 0 unspecified atom stereocenters. The summed E-state index contributed by atoms with van der Waals surface area (Å²) in [4.78, 5) is 0. The van der Waals surface area contributed by atoms with Crippen LogP contribution in [0, 0.1) is 20.8 Å². The highest BCUT2D eigenvalue weighted by atomic mass is 79.9. The molecule has 4 heterocycles. The van der Waals surface area contributed by atoms with Gasteiger partial charge in [0, 0.05) is 0 Å². The van der Waals surface area contributed by atoms with Crippen LogP contribution in [0.25, 0.3) is 0 Å². The van der Waals surface area contributed by atoms with Gasteiger partial charge < -0.3 is 22.9 Å². The summed E-state index contributed by atoms with van der Waals surface area (Å²) < 4.78 is 0.701. The first-order chi connectivity index (χ1) is 16.0. The van der Waals surface area contributed by atoms with Gasteiger partial charge in [-0.1, -0.05) is 23.2 Å². The summed E-state index contributed by atoms with van der Waals surface area (Å²) in [5.74, 6) is 1.74. The molecule has 12 nitrogen and oxygen atoms in total. The van der Waals surface area contributed by atoms with Crippen LogP contribution < -0.4 is 22.9 Å². The minimum absolute atomic E-state index is 0.360. The van der Waals surface area contributed by atoms with E-state index < -0.39 is 0 Å². The monoisotopic (exact) mass is 568 g/mol. The number of nitrogens with two attached hydrogens (primary N) is 4. The molecule has 4 aromatic heterocycles. The molecule has 34 heavy (non-hydrogen) atoms. The predicted octanol–water partition coefficient (Wildman–Crippen LogP) is 3.23. The highest BCUT2D eigenvalue weighted by molar-refractivity contribution is 9.10. The maximum atomic E-state index is 5.66. The fraction of sp³-hybridized carbons (Fsp3) is 0.158. The van der Waals surface area contributed by atoms with Crippen molar-refractivity contribution >= 4 is 62.4 Å². The van der Waals surface area contributed by atoms with Gasteiger partial charge in [-0.15, -0.1) is 35.7 Å². The molecule has 0 aliphatic rings. The topological polar surface area (TPSA) is 207 Å². The Hall–Kier alpha value is -3.42. The molecule has 0 saturated heterocycles. The summed E-state index contributed by atoms with van der Waals surface area (Å²) in [6.45, 7) is 5.60. The SMILES string of the molecule is Cc1c(N)nnc(Cl)c1C.Cc1ccc(N)nn1.Nc1ccc(Br)nn1.Nc1ccc(Cl)nn1. The van der Waals surface area contributed by atoms with Crippen LogP contribution in [-0.2, 0) is 0 Å². The summed E-state index contributed by atoms with van der Waals surface area (Å²) in [7, 11) is 0. The Bertz CT molecular complexity index is 950. The Balaban J connectivity index is 0.000000228. The summed E-state index contributed by atoms with van der Waals surface area (Å²) in [6, 6.07) is 10.1. The summed E-state index contributed by atoms with van der Waals surface area (Å²) in [6.07, 6.45) is 0. The quantitative estimate of drug-likeness (QED) is 0.240. The van der Waals surface area contributed by atoms with Gasteiger partial charge in [0.1, 0.15) is 27.9 Å². The van der Waals surface area contributed by atoms with Crippen molar-refractivity contribution in [1.82, 2.24) is 40.8 Å². The second-order valence-corrected chi connectivity index (χ2v) is 7.85. The number of rotatable bonds is 0. The van der Waals surface area contributed by atoms with Crippen LogP contribution in [0.1, 0.15) is 16.8 Å². The van der Waals surface area contributed by atoms with Crippen LogP contribution in [0.4, 0.5) is 23.3 Å². The third-order valence-corrected chi connectivity index (χ3v) is 4.61. The van der Waals surface area contributed by atoms with Crippen molar-refractivity contribution in [3.05, 3.63) is 68.1 Å². The van der Waals surface area contributed by atoms with E-state index in [2.05, 4.69) is 56.7 Å². The molecule has 0 bridgehead atoms. The van der Waals surface area contributed by atoms with Gasteiger partial charge in [-0.25, -0.2) is 0 Å². The molecule has 0 aromatic carbocycles. The number of anilines is 4. The Morgan fingerprint density at radius 1 is 0.588 bits per heavy atom. The van der Waals surface area contributed by atoms with E-state index in [1.807, 2.05) is 26.8 Å². The van der Waals surface area contributed by atoms with Gasteiger partial charge in [-0.05, 0) is 84.2 Å². The minimum atomic E-state index is 0.360. The average molecular weight is 570 g/mol. The molecular formula is C19H23BrCl2N12. The van der Waals surface area contributed by atoms with Gasteiger partial charge in [0.2, 0.25) is 0 Å². The molecule has 0 radical (unpaired) electrons. The van der Waals surface area contributed by atoms with Gasteiger partial charge in [0.25, 0.3) is 0 Å². The van der Waals surface area contributed by atoms with E-state index in [-0.39, 0.29) is 0 Å². The van der Waals surface area contributed by atoms with Crippen molar-refractivity contribution in [2.75, 3.05) is 22.9 Å². The third kappa shape index (κ3) is 11.4. The zero-order valence-corrected chi connectivity index (χ0v) is 21.6. The first-order valence-corrected chi connectivity index (χ1v) is 10.8. The zero-order valence-electron chi connectivity index (χ0n) is 18.5. The normalized spacial score (nSPS) is 9.35. The molecule has 0 aliphatic heterocycles. The molecule has 0 fully saturated rings. The van der Waals surface area contributed by atoms with Crippen molar-refractivity contribution in [3.8, 4) is 0 Å².